The summed E-state index contributed by atoms with van der Waals surface area (Å²) in [5.41, 5.74) is 3.45. The number of benzene rings is 2. The fourth-order valence-corrected chi connectivity index (χ4v) is 5.56. The highest BCUT2D eigenvalue weighted by atomic mass is 32.2. The van der Waals surface area contributed by atoms with E-state index in [1.54, 1.807) is 54.9 Å². The fraction of sp³-hybridized carbons (Fsp3) is 0.233. The Bertz CT molecular complexity index is 1620. The Morgan fingerprint density at radius 2 is 1.60 bits per heavy atom. The second-order valence-electron chi connectivity index (χ2n) is 9.68. The summed E-state index contributed by atoms with van der Waals surface area (Å²) in [6.45, 7) is 4.09. The minimum atomic E-state index is -1.03. The van der Waals surface area contributed by atoms with Crippen molar-refractivity contribution in [2.24, 2.45) is 0 Å². The van der Waals surface area contributed by atoms with E-state index in [9.17, 15) is 9.59 Å². The van der Waals surface area contributed by atoms with E-state index in [0.29, 0.717) is 39.4 Å². The zero-order chi connectivity index (χ0) is 29.1. The number of nitrogens with zero attached hydrogens (tertiary/aromatic N) is 4. The van der Waals surface area contributed by atoms with Gasteiger partial charge in [-0.1, -0.05) is 23.9 Å². The molecule has 42 heavy (non-hydrogen) atoms. The number of pyridine rings is 1. The molecule has 6 rings (SSSR count). The normalized spacial score (nSPS) is 13.5. The predicted octanol–water partition coefficient (Wildman–Crippen LogP) is 4.45. The van der Waals surface area contributed by atoms with E-state index in [0.717, 1.165) is 17.0 Å². The van der Waals surface area contributed by atoms with Crippen LogP contribution in [0.2, 0.25) is 0 Å². The van der Waals surface area contributed by atoms with E-state index < -0.39 is 11.9 Å². The topological polar surface area (TPSA) is 125 Å². The van der Waals surface area contributed by atoms with Crippen molar-refractivity contribution in [1.82, 2.24) is 19.9 Å². The van der Waals surface area contributed by atoms with Crippen molar-refractivity contribution < 1.29 is 28.5 Å². The lowest BCUT2D eigenvalue weighted by Crippen LogP contribution is -2.41. The number of thioether (sulfide) groups is 1. The smallest absolute Gasteiger partial charge is 0.251 e. The van der Waals surface area contributed by atoms with Gasteiger partial charge in [0.1, 0.15) is 6.04 Å². The van der Waals surface area contributed by atoms with E-state index in [4.69, 9.17) is 18.9 Å². The summed E-state index contributed by atoms with van der Waals surface area (Å²) in [6.07, 6.45) is 3.33. The van der Waals surface area contributed by atoms with Crippen LogP contribution in [0.25, 0.3) is 0 Å². The lowest BCUT2D eigenvalue weighted by Gasteiger charge is -2.31. The second-order valence-corrected chi connectivity index (χ2v) is 10.6. The molecule has 1 unspecified atom stereocenters. The molecule has 0 aliphatic carbocycles. The van der Waals surface area contributed by atoms with Gasteiger partial charge >= 0.3 is 0 Å². The van der Waals surface area contributed by atoms with Crippen molar-refractivity contribution in [2.75, 3.05) is 24.7 Å². The number of amides is 2. The zero-order valence-corrected chi connectivity index (χ0v) is 23.7. The zero-order valence-electron chi connectivity index (χ0n) is 22.9. The highest BCUT2D eigenvalue weighted by molar-refractivity contribution is 7.99. The Balaban J connectivity index is 1.35. The molecule has 12 heteroatoms. The Labute approximate surface area is 246 Å². The number of carbonyl (C=O) groups is 2. The maximum Gasteiger partial charge on any atom is 0.251 e. The number of aromatic nitrogens is 3. The van der Waals surface area contributed by atoms with E-state index in [1.807, 2.05) is 26.0 Å². The lowest BCUT2D eigenvalue weighted by atomic mass is 10.0. The third-order valence-electron chi connectivity index (χ3n) is 6.60. The summed E-state index contributed by atoms with van der Waals surface area (Å²) >= 11 is 1.22. The van der Waals surface area contributed by atoms with Crippen molar-refractivity contribution in [3.8, 4) is 23.0 Å². The van der Waals surface area contributed by atoms with Gasteiger partial charge in [0.25, 0.3) is 5.91 Å². The standard InChI is InChI=1S/C30H27N5O6S/c1-18-10-19(2)33-30(32-18)42-15-27(36)35(14-20-4-3-9-31-13-20)28(21-5-7-23-25(11-21)40-16-38-23)29(37)34-22-6-8-24-26(12-22)41-17-39-24/h3-13,28H,14-17H2,1-2H3,(H,34,37). The Kier molecular flexibility index (Phi) is 7.78. The molecular formula is C30H27N5O6S. The van der Waals surface area contributed by atoms with Gasteiger partial charge in [-0.25, -0.2) is 9.97 Å². The van der Waals surface area contributed by atoms with Crippen LogP contribution in [-0.4, -0.2) is 51.0 Å². The van der Waals surface area contributed by atoms with E-state index in [-0.39, 0.29) is 31.8 Å². The third kappa shape index (κ3) is 6.08. The van der Waals surface area contributed by atoms with Gasteiger partial charge in [0.05, 0.1) is 5.75 Å². The van der Waals surface area contributed by atoms with Gasteiger partial charge in [-0.2, -0.15) is 0 Å². The van der Waals surface area contributed by atoms with Crippen LogP contribution in [0, 0.1) is 13.8 Å². The fourth-order valence-electron chi connectivity index (χ4n) is 4.72. The number of ether oxygens (including phenoxy) is 4. The molecule has 0 bridgehead atoms. The van der Waals surface area contributed by atoms with Gasteiger partial charge in [0, 0.05) is 42.1 Å². The Morgan fingerprint density at radius 1 is 0.905 bits per heavy atom. The second kappa shape index (κ2) is 12.0. The molecular weight excluding hydrogens is 558 g/mol. The van der Waals surface area contributed by atoms with Gasteiger partial charge in [-0.15, -0.1) is 0 Å². The molecule has 1 N–H and O–H groups in total. The maximum absolute atomic E-state index is 14.1. The van der Waals surface area contributed by atoms with Crippen LogP contribution < -0.4 is 24.3 Å². The summed E-state index contributed by atoms with van der Waals surface area (Å²) in [5.74, 6) is 1.51. The van der Waals surface area contributed by atoms with Gasteiger partial charge in [0.15, 0.2) is 28.2 Å². The quantitative estimate of drug-likeness (QED) is 0.223. The molecule has 0 radical (unpaired) electrons. The summed E-state index contributed by atoms with van der Waals surface area (Å²) in [6, 6.07) is 14.9. The molecule has 1 atom stereocenters. The molecule has 214 valence electrons. The SMILES string of the molecule is Cc1cc(C)nc(SCC(=O)N(Cc2cccnc2)C(C(=O)Nc2ccc3c(c2)OCO3)c2ccc3c(c2)OCO3)n1. The molecule has 0 spiro atoms. The van der Waals surface area contributed by atoms with Crippen LogP contribution in [0.4, 0.5) is 5.69 Å². The maximum atomic E-state index is 14.1. The van der Waals surface area contributed by atoms with E-state index >= 15 is 0 Å². The average molecular weight is 586 g/mol. The highest BCUT2D eigenvalue weighted by Gasteiger charge is 2.33. The van der Waals surface area contributed by atoms with Crippen molar-refractivity contribution >= 4 is 29.3 Å². The summed E-state index contributed by atoms with van der Waals surface area (Å²) in [5, 5.41) is 3.45. The highest BCUT2D eigenvalue weighted by Crippen LogP contribution is 2.38. The molecule has 11 nitrogen and oxygen atoms in total. The van der Waals surface area contributed by atoms with E-state index in [2.05, 4.69) is 20.3 Å². The van der Waals surface area contributed by atoms with Crippen molar-refractivity contribution in [1.29, 1.82) is 0 Å². The Morgan fingerprint density at radius 3 is 2.31 bits per heavy atom. The average Bonchev–Trinajstić information content (AvgIpc) is 3.65. The van der Waals surface area contributed by atoms with E-state index in [1.165, 1.54) is 16.7 Å². The Hall–Kier alpha value is -4.84. The van der Waals surface area contributed by atoms with Gasteiger partial charge in [-0.3, -0.25) is 14.6 Å². The third-order valence-corrected chi connectivity index (χ3v) is 7.43. The van der Waals surface area contributed by atoms with Crippen LogP contribution in [0.3, 0.4) is 0 Å². The molecule has 4 heterocycles. The first-order valence-electron chi connectivity index (χ1n) is 13.2. The van der Waals surface area contributed by atoms with Crippen LogP contribution in [0.5, 0.6) is 23.0 Å². The van der Waals surface area contributed by atoms with Crippen LogP contribution >= 0.6 is 11.8 Å². The number of fused-ring (bicyclic) bond motifs is 2. The van der Waals surface area contributed by atoms with Crippen molar-refractivity contribution in [3.05, 3.63) is 89.5 Å². The van der Waals surface area contributed by atoms with Gasteiger partial charge < -0.3 is 29.2 Å². The lowest BCUT2D eigenvalue weighted by molar-refractivity contribution is -0.137. The van der Waals surface area contributed by atoms with Crippen molar-refractivity contribution in [3.63, 3.8) is 0 Å². The first-order chi connectivity index (χ1) is 20.4. The first kappa shape index (κ1) is 27.3. The molecule has 2 aromatic carbocycles. The molecule has 4 aromatic rings. The summed E-state index contributed by atoms with van der Waals surface area (Å²) in [7, 11) is 0. The number of anilines is 1. The van der Waals surface area contributed by atoms with Crippen LogP contribution in [-0.2, 0) is 16.1 Å². The molecule has 2 aromatic heterocycles. The predicted molar refractivity (Wildman–Crippen MR) is 154 cm³/mol. The minimum absolute atomic E-state index is 0.0154. The monoisotopic (exact) mass is 585 g/mol. The largest absolute Gasteiger partial charge is 0.454 e. The molecule has 2 aliphatic rings. The molecule has 2 aliphatic heterocycles. The number of rotatable bonds is 9. The number of carbonyl (C=O) groups excluding carboxylic acids is 2. The number of hydrogen-bond donors (Lipinski definition) is 1. The van der Waals surface area contributed by atoms with Crippen molar-refractivity contribution in [2.45, 2.75) is 31.6 Å². The number of nitrogens with one attached hydrogen (secondary N) is 1. The summed E-state index contributed by atoms with van der Waals surface area (Å²) < 4.78 is 22.0. The van der Waals surface area contributed by atoms with Gasteiger partial charge in [0.2, 0.25) is 19.5 Å². The molecule has 0 saturated heterocycles. The minimum Gasteiger partial charge on any atom is -0.454 e. The van der Waals surface area contributed by atoms with Crippen LogP contribution in [0.1, 0.15) is 28.6 Å². The van der Waals surface area contributed by atoms with Gasteiger partial charge in [-0.05, 0) is 61.4 Å². The van der Waals surface area contributed by atoms with Crippen LogP contribution in [0.15, 0.2) is 72.1 Å². The first-order valence-corrected chi connectivity index (χ1v) is 14.1. The number of hydrogen-bond acceptors (Lipinski definition) is 10. The molecule has 2 amide bonds. The summed E-state index contributed by atoms with van der Waals surface area (Å²) in [4.78, 5) is 42.8. The molecule has 0 saturated carbocycles. The number of aryl methyl sites for hydroxylation is 2. The molecule has 0 fully saturated rings.